The van der Waals surface area contributed by atoms with Gasteiger partial charge in [0, 0.05) is 19.6 Å². The van der Waals surface area contributed by atoms with Gasteiger partial charge in [0.2, 0.25) is 0 Å². The highest BCUT2D eigenvalue weighted by molar-refractivity contribution is 5.75. The van der Waals surface area contributed by atoms with Crippen molar-refractivity contribution >= 4 is 11.0 Å². The van der Waals surface area contributed by atoms with Gasteiger partial charge in [0.25, 0.3) is 0 Å². The summed E-state index contributed by atoms with van der Waals surface area (Å²) in [6.45, 7) is 5.73. The third-order valence-corrected chi connectivity index (χ3v) is 3.48. The van der Waals surface area contributed by atoms with Crippen LogP contribution in [0.4, 0.5) is 0 Å². The molecule has 0 aliphatic carbocycles. The highest BCUT2D eigenvalue weighted by atomic mass is 16.2. The maximum Gasteiger partial charge on any atom is 0.109 e. The average molecular weight is 246 g/mol. The predicted octanol–water partition coefficient (Wildman–Crippen LogP) is 3.01. The number of aliphatic hydroxyl groups excluding tert-OH is 1. The molecule has 1 heterocycles. The maximum absolute atomic E-state index is 8.98. The van der Waals surface area contributed by atoms with E-state index in [0.717, 1.165) is 30.7 Å². The van der Waals surface area contributed by atoms with E-state index in [-0.39, 0.29) is 6.61 Å². The lowest BCUT2D eigenvalue weighted by Crippen LogP contribution is -2.10. The smallest absolute Gasteiger partial charge is 0.109 e. The van der Waals surface area contributed by atoms with Crippen molar-refractivity contribution in [3.8, 4) is 0 Å². The Morgan fingerprint density at radius 2 is 2.11 bits per heavy atom. The van der Waals surface area contributed by atoms with Crippen molar-refractivity contribution in [1.29, 1.82) is 0 Å². The van der Waals surface area contributed by atoms with E-state index in [1.807, 2.05) is 6.07 Å². The zero-order valence-corrected chi connectivity index (χ0v) is 11.3. The summed E-state index contributed by atoms with van der Waals surface area (Å²) in [7, 11) is 0. The van der Waals surface area contributed by atoms with Crippen LogP contribution >= 0.6 is 0 Å². The first-order valence-electron chi connectivity index (χ1n) is 6.81. The Hall–Kier alpha value is -1.35. The first-order valence-corrected chi connectivity index (χ1v) is 6.81. The third kappa shape index (κ3) is 2.72. The van der Waals surface area contributed by atoms with Gasteiger partial charge < -0.3 is 9.67 Å². The van der Waals surface area contributed by atoms with Gasteiger partial charge in [-0.15, -0.1) is 0 Å². The number of aryl methyl sites for hydroxylation is 1. The van der Waals surface area contributed by atoms with Gasteiger partial charge in [0.15, 0.2) is 0 Å². The molecule has 0 aliphatic rings. The number of rotatable bonds is 6. The van der Waals surface area contributed by atoms with Crippen molar-refractivity contribution in [1.82, 2.24) is 9.55 Å². The standard InChI is InChI=1S/C15H22N2O/c1-3-12(2)11-17-14-8-5-4-7-13(14)16-15(17)9-6-10-18/h4-5,7-8,12,18H,3,6,9-11H2,1-2H3. The van der Waals surface area contributed by atoms with E-state index >= 15 is 0 Å². The number of nitrogens with zero attached hydrogens (tertiary/aromatic N) is 2. The third-order valence-electron chi connectivity index (χ3n) is 3.48. The molecule has 0 saturated heterocycles. The second kappa shape index (κ2) is 6.01. The van der Waals surface area contributed by atoms with Crippen LogP contribution in [0.2, 0.25) is 0 Å². The Balaban J connectivity index is 2.37. The average Bonchev–Trinajstić information content (AvgIpc) is 2.74. The Kier molecular flexibility index (Phi) is 4.37. The van der Waals surface area contributed by atoms with E-state index in [9.17, 15) is 0 Å². The monoisotopic (exact) mass is 246 g/mol. The van der Waals surface area contributed by atoms with Gasteiger partial charge in [-0.25, -0.2) is 4.98 Å². The Bertz CT molecular complexity index is 504. The van der Waals surface area contributed by atoms with Crippen LogP contribution in [0.15, 0.2) is 24.3 Å². The van der Waals surface area contributed by atoms with E-state index in [1.54, 1.807) is 0 Å². The summed E-state index contributed by atoms with van der Waals surface area (Å²) in [5, 5.41) is 8.98. The van der Waals surface area contributed by atoms with Gasteiger partial charge in [-0.05, 0) is 24.5 Å². The summed E-state index contributed by atoms with van der Waals surface area (Å²) >= 11 is 0. The van der Waals surface area contributed by atoms with Crippen LogP contribution in [0.1, 0.15) is 32.5 Å². The molecule has 1 aromatic heterocycles. The molecule has 18 heavy (non-hydrogen) atoms. The number of hydrogen-bond acceptors (Lipinski definition) is 2. The van der Waals surface area contributed by atoms with E-state index in [1.165, 1.54) is 11.9 Å². The van der Waals surface area contributed by atoms with E-state index < -0.39 is 0 Å². The van der Waals surface area contributed by atoms with Crippen molar-refractivity contribution in [2.24, 2.45) is 5.92 Å². The molecule has 0 saturated carbocycles. The first kappa shape index (κ1) is 13.1. The molecule has 2 rings (SSSR count). The fourth-order valence-corrected chi connectivity index (χ4v) is 2.20. The Morgan fingerprint density at radius 1 is 1.33 bits per heavy atom. The molecule has 3 nitrogen and oxygen atoms in total. The highest BCUT2D eigenvalue weighted by Crippen LogP contribution is 2.19. The van der Waals surface area contributed by atoms with Gasteiger partial charge >= 0.3 is 0 Å². The largest absolute Gasteiger partial charge is 0.396 e. The van der Waals surface area contributed by atoms with Crippen molar-refractivity contribution in [3.63, 3.8) is 0 Å². The van der Waals surface area contributed by atoms with Crippen LogP contribution in [0.5, 0.6) is 0 Å². The van der Waals surface area contributed by atoms with Crippen LogP contribution in [-0.4, -0.2) is 21.3 Å². The topological polar surface area (TPSA) is 38.0 Å². The molecule has 1 N–H and O–H groups in total. The number of aliphatic hydroxyl groups is 1. The summed E-state index contributed by atoms with van der Waals surface area (Å²) in [5.41, 5.74) is 2.28. The molecule has 1 aromatic carbocycles. The van der Waals surface area contributed by atoms with Crippen LogP contribution < -0.4 is 0 Å². The molecule has 1 atom stereocenters. The highest BCUT2D eigenvalue weighted by Gasteiger charge is 2.11. The number of aromatic nitrogens is 2. The number of imidazole rings is 1. The SMILES string of the molecule is CCC(C)Cn1c(CCCO)nc2ccccc21. The van der Waals surface area contributed by atoms with Gasteiger partial charge in [-0.2, -0.15) is 0 Å². The van der Waals surface area contributed by atoms with Crippen LogP contribution in [0.3, 0.4) is 0 Å². The summed E-state index contributed by atoms with van der Waals surface area (Å²) < 4.78 is 2.32. The quantitative estimate of drug-likeness (QED) is 0.851. The Labute approximate surface area is 108 Å². The van der Waals surface area contributed by atoms with Crippen LogP contribution in [-0.2, 0) is 13.0 Å². The second-order valence-corrected chi connectivity index (χ2v) is 4.97. The van der Waals surface area contributed by atoms with Crippen molar-refractivity contribution in [2.75, 3.05) is 6.61 Å². The van der Waals surface area contributed by atoms with Gasteiger partial charge in [0.1, 0.15) is 5.82 Å². The summed E-state index contributed by atoms with van der Waals surface area (Å²) in [5.74, 6) is 1.75. The summed E-state index contributed by atoms with van der Waals surface area (Å²) in [6, 6.07) is 8.28. The van der Waals surface area contributed by atoms with Crippen molar-refractivity contribution in [2.45, 2.75) is 39.7 Å². The van der Waals surface area contributed by atoms with Crippen molar-refractivity contribution in [3.05, 3.63) is 30.1 Å². The number of benzene rings is 1. The normalized spacial score (nSPS) is 13.1. The molecule has 3 heteroatoms. The number of hydrogen-bond donors (Lipinski definition) is 1. The Morgan fingerprint density at radius 3 is 2.83 bits per heavy atom. The minimum Gasteiger partial charge on any atom is -0.396 e. The summed E-state index contributed by atoms with van der Waals surface area (Å²) in [4.78, 5) is 4.69. The molecule has 0 aliphatic heterocycles. The lowest BCUT2D eigenvalue weighted by molar-refractivity contribution is 0.286. The fraction of sp³-hybridized carbons (Fsp3) is 0.533. The molecule has 0 spiro atoms. The van der Waals surface area contributed by atoms with Crippen LogP contribution in [0, 0.1) is 5.92 Å². The molecule has 2 aromatic rings. The zero-order valence-electron chi connectivity index (χ0n) is 11.3. The van der Waals surface area contributed by atoms with Crippen molar-refractivity contribution < 1.29 is 5.11 Å². The molecule has 0 amide bonds. The predicted molar refractivity (Wildman–Crippen MR) is 74.6 cm³/mol. The molecule has 0 bridgehead atoms. The van der Waals surface area contributed by atoms with Crippen LogP contribution in [0.25, 0.3) is 11.0 Å². The number of fused-ring (bicyclic) bond motifs is 1. The van der Waals surface area contributed by atoms with E-state index in [0.29, 0.717) is 5.92 Å². The van der Waals surface area contributed by atoms with Gasteiger partial charge in [0.05, 0.1) is 11.0 Å². The number of para-hydroxylation sites is 2. The molecule has 98 valence electrons. The molecular weight excluding hydrogens is 224 g/mol. The maximum atomic E-state index is 8.98. The summed E-state index contributed by atoms with van der Waals surface area (Å²) in [6.07, 6.45) is 2.80. The minimum atomic E-state index is 0.229. The van der Waals surface area contributed by atoms with Gasteiger partial charge in [-0.3, -0.25) is 0 Å². The molecule has 0 radical (unpaired) electrons. The fourth-order valence-electron chi connectivity index (χ4n) is 2.20. The minimum absolute atomic E-state index is 0.229. The molecular formula is C15H22N2O. The van der Waals surface area contributed by atoms with E-state index in [2.05, 4.69) is 41.6 Å². The van der Waals surface area contributed by atoms with E-state index in [4.69, 9.17) is 5.11 Å². The molecule has 0 fully saturated rings. The lowest BCUT2D eigenvalue weighted by Gasteiger charge is -2.13. The molecule has 1 unspecified atom stereocenters. The van der Waals surface area contributed by atoms with Gasteiger partial charge in [-0.1, -0.05) is 32.4 Å². The zero-order chi connectivity index (χ0) is 13.0. The second-order valence-electron chi connectivity index (χ2n) is 4.97. The first-order chi connectivity index (χ1) is 8.76. The lowest BCUT2D eigenvalue weighted by atomic mass is 10.1.